The lowest BCUT2D eigenvalue weighted by Gasteiger charge is -2.32. The number of amides is 1. The van der Waals surface area contributed by atoms with E-state index in [9.17, 15) is 18.0 Å². The minimum Gasteiger partial charge on any atom is -0.397 e. The van der Waals surface area contributed by atoms with Crippen LogP contribution in [0.1, 0.15) is 31.2 Å². The van der Waals surface area contributed by atoms with Crippen LogP contribution in [0, 0.1) is 18.8 Å². The second-order valence-corrected chi connectivity index (χ2v) is 5.62. The van der Waals surface area contributed by atoms with Gasteiger partial charge in [0.05, 0.1) is 17.3 Å². The predicted octanol–water partition coefficient (Wildman–Crippen LogP) is 3.88. The molecular formula is C15H19F3N2O. The molecule has 1 aromatic carbocycles. The second-order valence-electron chi connectivity index (χ2n) is 5.62. The molecule has 1 amide bonds. The molecule has 0 bridgehead atoms. The molecule has 3 nitrogen and oxygen atoms in total. The van der Waals surface area contributed by atoms with Crippen LogP contribution in [0.4, 0.5) is 24.5 Å². The zero-order chi connectivity index (χ0) is 15.6. The molecule has 0 heterocycles. The van der Waals surface area contributed by atoms with Gasteiger partial charge in [-0.3, -0.25) is 4.79 Å². The highest BCUT2D eigenvalue weighted by Gasteiger charge is 2.48. The average molecular weight is 300 g/mol. The molecule has 2 unspecified atom stereocenters. The van der Waals surface area contributed by atoms with Gasteiger partial charge in [-0.25, -0.2) is 0 Å². The number of nitrogens with one attached hydrogen (secondary N) is 1. The highest BCUT2D eigenvalue weighted by molar-refractivity contribution is 5.95. The monoisotopic (exact) mass is 300 g/mol. The first-order valence-electron chi connectivity index (χ1n) is 7.02. The summed E-state index contributed by atoms with van der Waals surface area (Å²) in [7, 11) is 0. The summed E-state index contributed by atoms with van der Waals surface area (Å²) in [6.07, 6.45) is -2.89. The number of nitrogen functional groups attached to an aromatic ring is 1. The van der Waals surface area contributed by atoms with Crippen LogP contribution in [0.25, 0.3) is 0 Å². The summed E-state index contributed by atoms with van der Waals surface area (Å²) in [4.78, 5) is 12.2. The lowest BCUT2D eigenvalue weighted by Crippen LogP contribution is -2.39. The van der Waals surface area contributed by atoms with E-state index in [1.807, 2.05) is 6.92 Å². The Morgan fingerprint density at radius 1 is 1.29 bits per heavy atom. The Hall–Kier alpha value is -1.72. The quantitative estimate of drug-likeness (QED) is 0.814. The molecule has 2 atom stereocenters. The van der Waals surface area contributed by atoms with Crippen molar-refractivity contribution in [3.05, 3.63) is 23.8 Å². The van der Waals surface area contributed by atoms with Crippen LogP contribution >= 0.6 is 0 Å². The van der Waals surface area contributed by atoms with Gasteiger partial charge in [0.1, 0.15) is 0 Å². The number of rotatable bonds is 2. The van der Waals surface area contributed by atoms with Gasteiger partial charge in [0.2, 0.25) is 5.91 Å². The van der Waals surface area contributed by atoms with Crippen LogP contribution in [0.5, 0.6) is 0 Å². The summed E-state index contributed by atoms with van der Waals surface area (Å²) in [6.45, 7) is 1.83. The minimum absolute atomic E-state index is 0.0187. The molecule has 2 rings (SSSR count). The van der Waals surface area contributed by atoms with E-state index in [1.54, 1.807) is 18.2 Å². The zero-order valence-corrected chi connectivity index (χ0v) is 11.8. The van der Waals surface area contributed by atoms with Crippen molar-refractivity contribution in [3.8, 4) is 0 Å². The zero-order valence-electron chi connectivity index (χ0n) is 11.8. The Morgan fingerprint density at radius 2 is 1.95 bits per heavy atom. The topological polar surface area (TPSA) is 55.1 Å². The van der Waals surface area contributed by atoms with Crippen molar-refractivity contribution < 1.29 is 18.0 Å². The van der Waals surface area contributed by atoms with Gasteiger partial charge in [-0.05, 0) is 37.5 Å². The van der Waals surface area contributed by atoms with E-state index in [2.05, 4.69) is 5.32 Å². The number of anilines is 2. The molecule has 1 saturated carbocycles. The number of halogens is 3. The van der Waals surface area contributed by atoms with Crippen LogP contribution in [-0.4, -0.2) is 12.1 Å². The van der Waals surface area contributed by atoms with Crippen molar-refractivity contribution >= 4 is 17.3 Å². The number of alkyl halides is 3. The van der Waals surface area contributed by atoms with Gasteiger partial charge in [-0.15, -0.1) is 0 Å². The molecule has 21 heavy (non-hydrogen) atoms. The Balaban J connectivity index is 2.16. The molecule has 3 N–H and O–H groups in total. The number of hydrogen-bond acceptors (Lipinski definition) is 2. The molecule has 116 valence electrons. The number of hydrogen-bond donors (Lipinski definition) is 2. The van der Waals surface area contributed by atoms with Gasteiger partial charge in [0.25, 0.3) is 0 Å². The Kier molecular flexibility index (Phi) is 4.44. The molecule has 1 aliphatic carbocycles. The predicted molar refractivity (Wildman–Crippen MR) is 75.7 cm³/mol. The van der Waals surface area contributed by atoms with Gasteiger partial charge in [-0.1, -0.05) is 18.9 Å². The second kappa shape index (κ2) is 5.95. The maximum atomic E-state index is 13.0. The molecule has 0 spiro atoms. The fourth-order valence-electron chi connectivity index (χ4n) is 2.84. The number of carbonyl (C=O) groups excluding carboxylic acids is 1. The maximum absolute atomic E-state index is 13.0. The first-order chi connectivity index (χ1) is 9.79. The molecule has 1 aromatic rings. The fraction of sp³-hybridized carbons (Fsp3) is 0.533. The smallest absolute Gasteiger partial charge is 0.392 e. The number of nitrogens with two attached hydrogens (primary N) is 1. The van der Waals surface area contributed by atoms with Crippen molar-refractivity contribution in [3.63, 3.8) is 0 Å². The summed E-state index contributed by atoms with van der Waals surface area (Å²) in [5.41, 5.74) is 7.37. The third-order valence-corrected chi connectivity index (χ3v) is 3.99. The van der Waals surface area contributed by atoms with Crippen LogP contribution < -0.4 is 11.1 Å². The Labute approximate surface area is 121 Å². The van der Waals surface area contributed by atoms with E-state index in [4.69, 9.17) is 5.73 Å². The standard InChI is InChI=1S/C15H19F3N2O/c1-9-6-7-12(19)13(8-9)20-14(21)10-4-2-3-5-11(10)15(16,17)18/h6-8,10-11H,2-5,19H2,1H3,(H,20,21). The lowest BCUT2D eigenvalue weighted by atomic mass is 9.78. The van der Waals surface area contributed by atoms with Gasteiger partial charge >= 0.3 is 6.18 Å². The SMILES string of the molecule is Cc1ccc(N)c(NC(=O)C2CCCCC2C(F)(F)F)c1. The van der Waals surface area contributed by atoms with E-state index < -0.39 is 23.9 Å². The Bertz CT molecular complexity index is 528. The van der Waals surface area contributed by atoms with Gasteiger partial charge in [-0.2, -0.15) is 13.2 Å². The highest BCUT2D eigenvalue weighted by Crippen LogP contribution is 2.42. The van der Waals surface area contributed by atoms with Crippen molar-refractivity contribution in [1.82, 2.24) is 0 Å². The Morgan fingerprint density at radius 3 is 2.62 bits per heavy atom. The third kappa shape index (κ3) is 3.68. The highest BCUT2D eigenvalue weighted by atomic mass is 19.4. The van der Waals surface area contributed by atoms with Crippen LogP contribution in [0.3, 0.4) is 0 Å². The molecular weight excluding hydrogens is 281 g/mol. The fourth-order valence-corrected chi connectivity index (χ4v) is 2.84. The van der Waals surface area contributed by atoms with Crippen molar-refractivity contribution in [2.45, 2.75) is 38.8 Å². The molecule has 0 aliphatic heterocycles. The summed E-state index contributed by atoms with van der Waals surface area (Å²) >= 11 is 0. The maximum Gasteiger partial charge on any atom is 0.392 e. The van der Waals surface area contributed by atoms with Crippen molar-refractivity contribution in [1.29, 1.82) is 0 Å². The average Bonchev–Trinajstić information content (AvgIpc) is 2.42. The lowest BCUT2D eigenvalue weighted by molar-refractivity contribution is -0.197. The molecule has 0 radical (unpaired) electrons. The summed E-state index contributed by atoms with van der Waals surface area (Å²) < 4.78 is 39.1. The largest absolute Gasteiger partial charge is 0.397 e. The molecule has 6 heteroatoms. The summed E-state index contributed by atoms with van der Waals surface area (Å²) in [5, 5.41) is 2.56. The van der Waals surface area contributed by atoms with Gasteiger partial charge in [0, 0.05) is 5.92 Å². The third-order valence-electron chi connectivity index (χ3n) is 3.99. The summed E-state index contributed by atoms with van der Waals surface area (Å²) in [6, 6.07) is 5.08. The van der Waals surface area contributed by atoms with Crippen LogP contribution in [-0.2, 0) is 4.79 Å². The van der Waals surface area contributed by atoms with E-state index in [0.29, 0.717) is 24.2 Å². The minimum atomic E-state index is -4.33. The number of aryl methyl sites for hydroxylation is 1. The van der Waals surface area contributed by atoms with Crippen molar-refractivity contribution in [2.75, 3.05) is 11.1 Å². The van der Waals surface area contributed by atoms with Gasteiger partial charge < -0.3 is 11.1 Å². The van der Waals surface area contributed by atoms with E-state index in [1.165, 1.54) is 0 Å². The normalized spacial score (nSPS) is 22.9. The molecule has 0 saturated heterocycles. The molecule has 0 aromatic heterocycles. The first-order valence-corrected chi connectivity index (χ1v) is 7.02. The van der Waals surface area contributed by atoms with E-state index >= 15 is 0 Å². The summed E-state index contributed by atoms with van der Waals surface area (Å²) in [5.74, 6) is -3.18. The molecule has 1 aliphatic rings. The molecule has 1 fully saturated rings. The van der Waals surface area contributed by atoms with Crippen LogP contribution in [0.2, 0.25) is 0 Å². The van der Waals surface area contributed by atoms with E-state index in [0.717, 1.165) is 5.56 Å². The number of carbonyl (C=O) groups is 1. The van der Waals surface area contributed by atoms with Crippen molar-refractivity contribution in [2.24, 2.45) is 11.8 Å². The van der Waals surface area contributed by atoms with Gasteiger partial charge in [0.15, 0.2) is 0 Å². The van der Waals surface area contributed by atoms with E-state index in [-0.39, 0.29) is 12.8 Å². The number of benzene rings is 1. The van der Waals surface area contributed by atoms with Crippen LogP contribution in [0.15, 0.2) is 18.2 Å². The first kappa shape index (κ1) is 15.7.